The molecule has 0 aliphatic rings. The molecule has 0 aromatic rings. The first kappa shape index (κ1) is 48.4. The van der Waals surface area contributed by atoms with Crippen molar-refractivity contribution in [1.82, 2.24) is 0 Å². The standard InChI is InChI=1S/C6H13O9P.3C5H13ClN.ClH/c7-1-3(8)5(10)6(11)4(9)2-15-16(12,13)14;3*1-7(2,3)5-4-6;/h4-7,9-11H,1-2H2,(H2,12,13,14);3*4-5H2,1-3H3;1H/q;3*+1;/p-3/t4-,5-,6-;;;;/m1..../s1. The van der Waals surface area contributed by atoms with Gasteiger partial charge in [0, 0.05) is 0 Å². The number of halogens is 4. The van der Waals surface area contributed by atoms with E-state index in [1.807, 2.05) is 0 Å². The molecule has 0 amide bonds. The Morgan fingerprint density at radius 3 is 1.24 bits per heavy atom. The number of nitrogens with zero attached hydrogens (tertiary/aromatic N) is 3. The molecule has 0 radical (unpaired) electrons. The van der Waals surface area contributed by atoms with Gasteiger partial charge in [-0.2, -0.15) is 0 Å². The number of aliphatic hydroxyl groups is 4. The van der Waals surface area contributed by atoms with Crippen molar-refractivity contribution in [3.8, 4) is 0 Å². The van der Waals surface area contributed by atoms with Crippen LogP contribution in [0, 0.1) is 0 Å². The lowest BCUT2D eigenvalue weighted by Crippen LogP contribution is -3.00. The van der Waals surface area contributed by atoms with Gasteiger partial charge < -0.3 is 65.2 Å². The molecule has 0 heterocycles. The fraction of sp³-hybridized carbons (Fsp3) is 0.952. The predicted octanol–water partition coefficient (Wildman–Crippen LogP) is -4.73. The number of hydrogen-bond donors (Lipinski definition) is 4. The van der Waals surface area contributed by atoms with E-state index >= 15 is 0 Å². The monoisotopic (exact) mass is 659 g/mol. The summed E-state index contributed by atoms with van der Waals surface area (Å²) in [6, 6.07) is 0. The second-order valence-corrected chi connectivity index (χ2v) is 13.3. The smallest absolute Gasteiger partial charge is 0.189 e. The highest BCUT2D eigenvalue weighted by Gasteiger charge is 2.29. The molecule has 0 fully saturated rings. The van der Waals surface area contributed by atoms with Crippen LogP contribution in [0.5, 0.6) is 0 Å². The van der Waals surface area contributed by atoms with E-state index in [4.69, 9.17) is 55.2 Å². The molecule has 0 saturated heterocycles. The molecule has 0 aliphatic carbocycles. The Balaban J connectivity index is -0.000000139. The largest absolute Gasteiger partial charge is 1.00 e. The van der Waals surface area contributed by atoms with Gasteiger partial charge in [0.1, 0.15) is 24.9 Å². The average Bonchev–Trinajstić information content (AvgIpc) is 2.68. The summed E-state index contributed by atoms with van der Waals surface area (Å²) in [7, 11) is 13.8. The summed E-state index contributed by atoms with van der Waals surface area (Å²) < 4.78 is 16.5. The van der Waals surface area contributed by atoms with E-state index in [1.54, 1.807) is 0 Å². The summed E-state index contributed by atoms with van der Waals surface area (Å²) in [5, 5.41) is 35.4. The highest BCUT2D eigenvalue weighted by molar-refractivity contribution is 7.43. The number of alkyl halides is 3. The number of aliphatic hydroxyl groups excluding tert-OH is 4. The minimum Gasteiger partial charge on any atom is -1.00 e. The van der Waals surface area contributed by atoms with Gasteiger partial charge in [-0.05, 0) is 0 Å². The second kappa shape index (κ2) is 24.3. The zero-order valence-corrected chi connectivity index (χ0v) is 27.9. The number of carbonyl (C=O) groups is 1. The van der Waals surface area contributed by atoms with Crippen molar-refractivity contribution < 1.29 is 70.0 Å². The molecule has 236 valence electrons. The summed E-state index contributed by atoms with van der Waals surface area (Å²) >= 11 is 16.4. The van der Waals surface area contributed by atoms with Gasteiger partial charge in [-0.1, -0.05) is 0 Å². The number of carbonyl (C=O) groups excluding carboxylic acids is 1. The maximum atomic E-state index is 10.7. The van der Waals surface area contributed by atoms with Crippen LogP contribution >= 0.6 is 42.6 Å². The molecule has 0 aliphatic heterocycles. The molecular formula is C21H50Cl4N3O9P. The molecule has 12 nitrogen and oxygen atoms in total. The lowest BCUT2D eigenvalue weighted by Gasteiger charge is -2.31. The summed E-state index contributed by atoms with van der Waals surface area (Å²) in [5.41, 5.74) is 0. The van der Waals surface area contributed by atoms with Crippen molar-refractivity contribution in [2.75, 3.05) is 114 Å². The first-order chi connectivity index (χ1) is 16.4. The fourth-order valence-electron chi connectivity index (χ4n) is 1.52. The van der Waals surface area contributed by atoms with E-state index in [0.29, 0.717) is 0 Å². The van der Waals surface area contributed by atoms with Crippen LogP contribution in [0.25, 0.3) is 0 Å². The number of hydrogen-bond acceptors (Lipinski definition) is 9. The maximum absolute atomic E-state index is 10.7. The van der Waals surface area contributed by atoms with E-state index in [-0.39, 0.29) is 12.4 Å². The Morgan fingerprint density at radius 1 is 0.789 bits per heavy atom. The zero-order valence-electron chi connectivity index (χ0n) is 24.0. The van der Waals surface area contributed by atoms with E-state index in [1.165, 1.54) is 0 Å². The van der Waals surface area contributed by atoms with Crippen LogP contribution < -0.4 is 22.2 Å². The van der Waals surface area contributed by atoms with Crippen molar-refractivity contribution in [2.24, 2.45) is 0 Å². The summed E-state index contributed by atoms with van der Waals surface area (Å²) in [4.78, 5) is 30.7. The van der Waals surface area contributed by atoms with Crippen LogP contribution in [0.4, 0.5) is 0 Å². The minimum absolute atomic E-state index is 0. The SMILES string of the molecule is C[N+](C)(C)CCCl.C[N+](C)(C)CCCl.C[N+](C)(C)CCCl.O=C(CO)[C@@H](O)[C@H](O)[C@H](O)COP(=O)([O-])[O-].[Cl-]. The van der Waals surface area contributed by atoms with Crippen molar-refractivity contribution in [3.63, 3.8) is 0 Å². The summed E-state index contributed by atoms with van der Waals surface area (Å²) in [6.07, 6.45) is -6.12. The fourth-order valence-corrected chi connectivity index (χ4v) is 3.38. The Morgan fingerprint density at radius 2 is 1.08 bits per heavy atom. The number of Topliss-reactive ketones (excluding diaryl/α,β-unsaturated/α-hetero) is 1. The molecule has 0 spiro atoms. The van der Waals surface area contributed by atoms with E-state index in [0.717, 1.165) is 50.7 Å². The number of phosphoric acid groups is 1. The molecule has 0 rings (SSSR count). The second-order valence-electron chi connectivity index (χ2n) is 11.0. The molecule has 17 heteroatoms. The van der Waals surface area contributed by atoms with Gasteiger partial charge in [-0.25, -0.2) is 0 Å². The first-order valence-corrected chi connectivity index (χ1v) is 14.4. The molecule has 3 atom stereocenters. The van der Waals surface area contributed by atoms with Crippen LogP contribution in [0.3, 0.4) is 0 Å². The molecule has 0 aromatic heterocycles. The third kappa shape index (κ3) is 43.7. The van der Waals surface area contributed by atoms with Gasteiger partial charge in [-0.3, -0.25) is 4.79 Å². The van der Waals surface area contributed by atoms with Crippen LogP contribution in [0.15, 0.2) is 0 Å². The van der Waals surface area contributed by atoms with Gasteiger partial charge in [0.15, 0.2) is 5.78 Å². The van der Waals surface area contributed by atoms with Gasteiger partial charge in [0.05, 0.1) is 115 Å². The molecule has 0 unspecified atom stereocenters. The maximum Gasteiger partial charge on any atom is 0.189 e. The van der Waals surface area contributed by atoms with Crippen LogP contribution in [-0.4, -0.2) is 172 Å². The van der Waals surface area contributed by atoms with E-state index in [9.17, 15) is 19.1 Å². The molecule has 38 heavy (non-hydrogen) atoms. The Kier molecular flexibility index (Phi) is 30.9. The van der Waals surface area contributed by atoms with Crippen molar-refractivity contribution in [3.05, 3.63) is 0 Å². The number of quaternary nitrogens is 3. The minimum atomic E-state index is -5.31. The van der Waals surface area contributed by atoms with Crippen molar-refractivity contribution >= 4 is 48.4 Å². The van der Waals surface area contributed by atoms with E-state index < -0.39 is 45.1 Å². The lowest BCUT2D eigenvalue weighted by atomic mass is 10.1. The molecular weight excluding hydrogens is 611 g/mol. The predicted molar refractivity (Wildman–Crippen MR) is 145 cm³/mol. The van der Waals surface area contributed by atoms with Gasteiger partial charge in [0.2, 0.25) is 0 Å². The molecule has 0 saturated carbocycles. The molecule has 0 aromatic carbocycles. The topological polar surface area (TPSA) is 170 Å². The summed E-state index contributed by atoms with van der Waals surface area (Å²) in [6.45, 7) is 0.972. The number of rotatable bonds is 13. The lowest BCUT2D eigenvalue weighted by molar-refractivity contribution is -0.867. The third-order valence-electron chi connectivity index (χ3n) is 3.87. The number of phosphoric ester groups is 1. The van der Waals surface area contributed by atoms with Crippen molar-refractivity contribution in [2.45, 2.75) is 18.3 Å². The van der Waals surface area contributed by atoms with Crippen LogP contribution in [0.2, 0.25) is 0 Å². The quantitative estimate of drug-likeness (QED) is 0.0861. The number of ketones is 1. The Hall–Kier alpha value is 0.660. The van der Waals surface area contributed by atoms with E-state index in [2.05, 4.69) is 68.0 Å². The zero-order chi connectivity index (χ0) is 30.7. The molecule has 0 bridgehead atoms. The average molecular weight is 661 g/mol. The molecule has 4 N–H and O–H groups in total. The highest BCUT2D eigenvalue weighted by atomic mass is 35.5. The van der Waals surface area contributed by atoms with Crippen molar-refractivity contribution in [1.29, 1.82) is 0 Å². The Labute approximate surface area is 250 Å². The first-order valence-electron chi connectivity index (χ1n) is 11.3. The van der Waals surface area contributed by atoms with Gasteiger partial charge >= 0.3 is 0 Å². The highest BCUT2D eigenvalue weighted by Crippen LogP contribution is 2.24. The van der Waals surface area contributed by atoms with Crippen LogP contribution in [-0.2, 0) is 13.9 Å². The Bertz CT molecular complexity index is 576. The summed E-state index contributed by atoms with van der Waals surface area (Å²) in [5.74, 6) is 1.09. The van der Waals surface area contributed by atoms with Gasteiger partial charge in [0.25, 0.3) is 0 Å². The normalized spacial score (nSPS) is 14.2. The van der Waals surface area contributed by atoms with Gasteiger partial charge in [-0.15, -0.1) is 34.8 Å². The third-order valence-corrected chi connectivity index (χ3v) is 4.85. The van der Waals surface area contributed by atoms with Crippen LogP contribution in [0.1, 0.15) is 0 Å².